The predicted octanol–water partition coefficient (Wildman–Crippen LogP) is 1.39. The van der Waals surface area contributed by atoms with Gasteiger partial charge in [0.15, 0.2) is 0 Å². The van der Waals surface area contributed by atoms with Crippen LogP contribution in [0.3, 0.4) is 0 Å². The van der Waals surface area contributed by atoms with E-state index in [0.717, 1.165) is 16.4 Å². The van der Waals surface area contributed by atoms with E-state index in [1.807, 2.05) is 0 Å². The minimum Gasteiger partial charge on any atom is -0.207 e. The van der Waals surface area contributed by atoms with Crippen molar-refractivity contribution in [3.05, 3.63) is 24.0 Å². The van der Waals surface area contributed by atoms with Gasteiger partial charge in [0, 0.05) is 24.3 Å². The zero-order valence-corrected chi connectivity index (χ0v) is 12.0. The van der Waals surface area contributed by atoms with Crippen LogP contribution in [0.4, 0.5) is 4.39 Å². The second-order valence-corrected chi connectivity index (χ2v) is 8.03. The second kappa shape index (κ2) is 5.12. The molecule has 0 aliphatic heterocycles. The van der Waals surface area contributed by atoms with Gasteiger partial charge in [0.25, 0.3) is 9.05 Å². The molecule has 18 heavy (non-hydrogen) atoms. The lowest BCUT2D eigenvalue weighted by Crippen LogP contribution is -2.27. The fourth-order valence-electron chi connectivity index (χ4n) is 1.18. The third-order valence-corrected chi connectivity index (χ3v) is 5.64. The molecule has 0 aliphatic carbocycles. The molecular formula is C9H11ClFNO4S2. The number of nitrogens with zero attached hydrogens (tertiary/aromatic N) is 1. The van der Waals surface area contributed by atoms with E-state index >= 15 is 0 Å². The lowest BCUT2D eigenvalue weighted by Gasteiger charge is -2.15. The Morgan fingerprint density at radius 3 is 2.22 bits per heavy atom. The average Bonchev–Trinajstić information content (AvgIpc) is 2.26. The van der Waals surface area contributed by atoms with Gasteiger partial charge in [-0.3, -0.25) is 0 Å². The van der Waals surface area contributed by atoms with Crippen molar-refractivity contribution in [2.24, 2.45) is 0 Å². The molecular weight excluding hydrogens is 305 g/mol. The SMILES string of the molecule is CCN(C)S(=O)(=O)c1ccc(S(=O)(=O)Cl)cc1F. The van der Waals surface area contributed by atoms with Gasteiger partial charge in [-0.25, -0.2) is 25.5 Å². The second-order valence-electron chi connectivity index (χ2n) is 3.45. The number of benzene rings is 1. The van der Waals surface area contributed by atoms with Crippen LogP contribution in [0.15, 0.2) is 28.0 Å². The van der Waals surface area contributed by atoms with Crippen LogP contribution in [-0.4, -0.2) is 34.7 Å². The van der Waals surface area contributed by atoms with Crippen molar-refractivity contribution in [1.29, 1.82) is 0 Å². The smallest absolute Gasteiger partial charge is 0.207 e. The molecule has 0 N–H and O–H groups in total. The molecule has 0 fully saturated rings. The molecule has 0 saturated heterocycles. The molecule has 1 aromatic rings. The quantitative estimate of drug-likeness (QED) is 0.787. The largest absolute Gasteiger partial charge is 0.261 e. The van der Waals surface area contributed by atoms with E-state index in [-0.39, 0.29) is 6.54 Å². The van der Waals surface area contributed by atoms with Gasteiger partial charge in [-0.05, 0) is 18.2 Å². The third-order valence-electron chi connectivity index (χ3n) is 2.32. The van der Waals surface area contributed by atoms with Gasteiger partial charge in [0.05, 0.1) is 4.90 Å². The summed E-state index contributed by atoms with van der Waals surface area (Å²) in [5.41, 5.74) is 0. The fraction of sp³-hybridized carbons (Fsp3) is 0.333. The first-order chi connectivity index (χ1) is 8.10. The van der Waals surface area contributed by atoms with Crippen molar-refractivity contribution >= 4 is 29.8 Å². The Labute approximate surface area is 110 Å². The van der Waals surface area contributed by atoms with E-state index in [1.165, 1.54) is 7.05 Å². The van der Waals surface area contributed by atoms with Gasteiger partial charge in [0.2, 0.25) is 10.0 Å². The molecule has 0 saturated carbocycles. The van der Waals surface area contributed by atoms with Crippen LogP contribution in [0.5, 0.6) is 0 Å². The molecule has 0 unspecified atom stereocenters. The molecule has 0 spiro atoms. The summed E-state index contributed by atoms with van der Waals surface area (Å²) in [7, 11) is -1.73. The average molecular weight is 316 g/mol. The Bertz CT molecular complexity index is 657. The standard InChI is InChI=1S/C9H11ClFNO4S2/c1-3-12(2)18(15,16)9-5-4-7(6-8(9)11)17(10,13)14/h4-6H,3H2,1-2H3. The Morgan fingerprint density at radius 1 is 1.28 bits per heavy atom. The Hall–Kier alpha value is -0.700. The van der Waals surface area contributed by atoms with Crippen LogP contribution >= 0.6 is 10.7 Å². The lowest BCUT2D eigenvalue weighted by atomic mass is 10.3. The molecule has 0 aromatic heterocycles. The first-order valence-corrected chi connectivity index (χ1v) is 8.56. The molecule has 0 atom stereocenters. The Kier molecular flexibility index (Phi) is 4.37. The summed E-state index contributed by atoms with van der Waals surface area (Å²) in [6, 6.07) is 2.41. The van der Waals surface area contributed by atoms with Gasteiger partial charge in [-0.2, -0.15) is 0 Å². The minimum absolute atomic E-state index is 0.164. The molecule has 1 aromatic carbocycles. The van der Waals surface area contributed by atoms with E-state index in [0.29, 0.717) is 6.07 Å². The van der Waals surface area contributed by atoms with E-state index in [4.69, 9.17) is 10.7 Å². The Balaban J connectivity index is 3.40. The van der Waals surface area contributed by atoms with Crippen LogP contribution in [-0.2, 0) is 19.1 Å². The normalized spacial score (nSPS) is 12.9. The number of rotatable bonds is 4. The summed E-state index contributed by atoms with van der Waals surface area (Å²) in [6.45, 7) is 1.75. The van der Waals surface area contributed by atoms with Crippen molar-refractivity contribution in [3.8, 4) is 0 Å². The maximum Gasteiger partial charge on any atom is 0.261 e. The molecule has 0 bridgehead atoms. The van der Waals surface area contributed by atoms with Crippen molar-refractivity contribution in [1.82, 2.24) is 4.31 Å². The van der Waals surface area contributed by atoms with E-state index < -0.39 is 34.7 Å². The summed E-state index contributed by atoms with van der Waals surface area (Å²) >= 11 is 0. The maximum atomic E-state index is 13.6. The Morgan fingerprint density at radius 2 is 1.83 bits per heavy atom. The zero-order chi connectivity index (χ0) is 14.1. The van der Waals surface area contributed by atoms with Crippen LogP contribution in [0.2, 0.25) is 0 Å². The number of hydrogen-bond acceptors (Lipinski definition) is 4. The van der Waals surface area contributed by atoms with E-state index in [2.05, 4.69) is 0 Å². The van der Waals surface area contributed by atoms with E-state index in [1.54, 1.807) is 6.92 Å². The molecule has 0 aliphatic rings. The predicted molar refractivity (Wildman–Crippen MR) is 64.9 cm³/mol. The number of halogens is 2. The van der Waals surface area contributed by atoms with Crippen molar-refractivity contribution in [2.45, 2.75) is 16.7 Å². The van der Waals surface area contributed by atoms with Crippen molar-refractivity contribution in [3.63, 3.8) is 0 Å². The van der Waals surface area contributed by atoms with Crippen LogP contribution < -0.4 is 0 Å². The molecule has 0 radical (unpaired) electrons. The van der Waals surface area contributed by atoms with Gasteiger partial charge < -0.3 is 0 Å². The molecule has 5 nitrogen and oxygen atoms in total. The van der Waals surface area contributed by atoms with Gasteiger partial charge in [-0.15, -0.1) is 0 Å². The molecule has 1 rings (SSSR count). The molecule has 9 heteroatoms. The number of hydrogen-bond donors (Lipinski definition) is 0. The monoisotopic (exact) mass is 315 g/mol. The summed E-state index contributed by atoms with van der Waals surface area (Å²) in [5, 5.41) is 0. The first-order valence-electron chi connectivity index (χ1n) is 4.81. The summed E-state index contributed by atoms with van der Waals surface area (Å²) in [6.07, 6.45) is 0. The first kappa shape index (κ1) is 15.4. The number of sulfonamides is 1. The van der Waals surface area contributed by atoms with Crippen LogP contribution in [0.25, 0.3) is 0 Å². The fourth-order valence-corrected chi connectivity index (χ4v) is 3.16. The highest BCUT2D eigenvalue weighted by Gasteiger charge is 2.24. The maximum absolute atomic E-state index is 13.6. The highest BCUT2D eigenvalue weighted by molar-refractivity contribution is 8.13. The highest BCUT2D eigenvalue weighted by Crippen LogP contribution is 2.23. The van der Waals surface area contributed by atoms with Gasteiger partial charge >= 0.3 is 0 Å². The van der Waals surface area contributed by atoms with Crippen LogP contribution in [0, 0.1) is 5.82 Å². The van der Waals surface area contributed by atoms with E-state index in [9.17, 15) is 21.2 Å². The topological polar surface area (TPSA) is 71.5 Å². The van der Waals surface area contributed by atoms with Crippen molar-refractivity contribution < 1.29 is 21.2 Å². The summed E-state index contributed by atoms with van der Waals surface area (Å²) in [5.74, 6) is -1.16. The minimum atomic E-state index is -4.09. The van der Waals surface area contributed by atoms with Crippen LogP contribution in [0.1, 0.15) is 6.92 Å². The van der Waals surface area contributed by atoms with Crippen molar-refractivity contribution in [2.75, 3.05) is 13.6 Å². The highest BCUT2D eigenvalue weighted by atomic mass is 35.7. The zero-order valence-electron chi connectivity index (χ0n) is 9.59. The van der Waals surface area contributed by atoms with Gasteiger partial charge in [-0.1, -0.05) is 6.92 Å². The summed E-state index contributed by atoms with van der Waals surface area (Å²) < 4.78 is 60.2. The lowest BCUT2D eigenvalue weighted by molar-refractivity contribution is 0.477. The molecule has 0 amide bonds. The molecule has 102 valence electrons. The summed E-state index contributed by atoms with van der Waals surface area (Å²) in [4.78, 5) is -1.07. The molecule has 0 heterocycles. The third kappa shape index (κ3) is 3.00. The van der Waals surface area contributed by atoms with Gasteiger partial charge in [0.1, 0.15) is 10.7 Å².